The topological polar surface area (TPSA) is 17.1 Å². The third-order valence-corrected chi connectivity index (χ3v) is 5.94. The molecule has 2 unspecified atom stereocenters. The van der Waals surface area contributed by atoms with E-state index in [2.05, 4.69) is 0 Å². The van der Waals surface area contributed by atoms with E-state index < -0.39 is 15.5 Å². The maximum absolute atomic E-state index is 11.6. The molecule has 76 valence electrons. The Bertz CT molecular complexity index is 424. The first-order valence-electron chi connectivity index (χ1n) is 3.34. The summed E-state index contributed by atoms with van der Waals surface area (Å²) in [6.07, 6.45) is 0. The molecular weight excluding hydrogens is 313 g/mol. The molecule has 0 aliphatic heterocycles. The van der Waals surface area contributed by atoms with Gasteiger partial charge in [0, 0.05) is 0 Å². The normalized spacial score (nSPS) is 41.7. The summed E-state index contributed by atoms with van der Waals surface area (Å²) < 4.78 is 0. The predicted molar refractivity (Wildman–Crippen MR) is 59.6 cm³/mol. The molecule has 0 amide bonds. The second-order valence-electron chi connectivity index (χ2n) is 2.90. The van der Waals surface area contributed by atoms with Crippen molar-refractivity contribution < 1.29 is 4.79 Å². The quantitative estimate of drug-likeness (QED) is 0.620. The van der Waals surface area contributed by atoms with Crippen molar-refractivity contribution in [3.63, 3.8) is 0 Å². The smallest absolute Gasteiger partial charge is 0.204 e. The molecule has 1 nitrogen and oxygen atoms in total. The molecule has 2 aliphatic rings. The van der Waals surface area contributed by atoms with Crippen molar-refractivity contribution in [1.82, 2.24) is 0 Å². The summed E-state index contributed by atoms with van der Waals surface area (Å²) in [4.78, 5) is 8.49. The van der Waals surface area contributed by atoms with Crippen LogP contribution in [0.15, 0.2) is 20.1 Å². The third kappa shape index (κ3) is 0.865. The summed E-state index contributed by atoms with van der Waals surface area (Å²) in [6.45, 7) is 0. The lowest BCUT2D eigenvalue weighted by Gasteiger charge is -2.44. The van der Waals surface area contributed by atoms with Crippen molar-refractivity contribution in [2.24, 2.45) is 0 Å². The van der Waals surface area contributed by atoms with E-state index in [0.717, 1.165) is 0 Å². The molecule has 0 N–H and O–H groups in total. The van der Waals surface area contributed by atoms with Crippen molar-refractivity contribution >= 4 is 75.4 Å². The van der Waals surface area contributed by atoms with Crippen LogP contribution in [-0.2, 0) is 4.79 Å². The molecule has 0 aromatic carbocycles. The lowest BCUT2D eigenvalue weighted by molar-refractivity contribution is -0.116. The molecule has 14 heavy (non-hydrogen) atoms. The van der Waals surface area contributed by atoms with E-state index in [9.17, 15) is 4.79 Å². The van der Waals surface area contributed by atoms with Crippen LogP contribution < -0.4 is 0 Å². The number of alkyl halides is 2. The van der Waals surface area contributed by atoms with Crippen LogP contribution in [0, 0.1) is 0 Å². The fraction of sp³-hybridized carbons (Fsp3) is 0.286. The molecule has 0 aromatic rings. The first-order valence-corrected chi connectivity index (χ1v) is 5.61. The number of rotatable bonds is 0. The number of Topliss-reactive ketones (excluding diaryl/α,β-unsaturated/α-hetero) is 1. The summed E-state index contributed by atoms with van der Waals surface area (Å²) in [5.74, 6) is -0.616. The minimum absolute atomic E-state index is 0.0189. The Hall–Kier alpha value is 0.890. The van der Waals surface area contributed by atoms with Crippen molar-refractivity contribution in [1.29, 1.82) is 0 Å². The van der Waals surface area contributed by atoms with Gasteiger partial charge in [0.2, 0.25) is 5.78 Å². The van der Waals surface area contributed by atoms with Gasteiger partial charge in [-0.3, -0.25) is 4.79 Å². The minimum Gasteiger partial charge on any atom is -0.291 e. The lowest BCUT2D eigenvalue weighted by Crippen LogP contribution is -2.56. The number of ketones is 1. The second kappa shape index (κ2) is 2.97. The van der Waals surface area contributed by atoms with Gasteiger partial charge in [-0.25, -0.2) is 0 Å². The van der Waals surface area contributed by atoms with E-state index in [0.29, 0.717) is 0 Å². The van der Waals surface area contributed by atoms with Crippen molar-refractivity contribution in [3.8, 4) is 0 Å². The zero-order valence-corrected chi connectivity index (χ0v) is 10.7. The molecule has 7 heteroatoms. The molecule has 2 aliphatic carbocycles. The van der Waals surface area contributed by atoms with Crippen LogP contribution in [0.4, 0.5) is 0 Å². The Kier molecular flexibility index (Phi) is 2.41. The predicted octanol–water partition coefficient (Wildman–Crippen LogP) is 3.92. The number of carbonyl (C=O) groups excluding carboxylic acids is 1. The molecule has 0 spiro atoms. The molecule has 0 bridgehead atoms. The highest BCUT2D eigenvalue weighted by molar-refractivity contribution is 6.70. The molecule has 0 fully saturated rings. The Morgan fingerprint density at radius 1 is 0.786 bits per heavy atom. The molecule has 0 radical (unpaired) electrons. The molecule has 2 rings (SSSR count). The van der Waals surface area contributed by atoms with E-state index in [1.165, 1.54) is 0 Å². The average Bonchev–Trinajstić information content (AvgIpc) is 2.30. The van der Waals surface area contributed by atoms with Gasteiger partial charge in [0.05, 0.1) is 15.1 Å². The highest BCUT2D eigenvalue weighted by Gasteiger charge is 2.74. The van der Waals surface area contributed by atoms with Gasteiger partial charge in [-0.05, 0) is 0 Å². The lowest BCUT2D eigenvalue weighted by atomic mass is 9.81. The van der Waals surface area contributed by atoms with E-state index >= 15 is 0 Å². The maximum Gasteiger partial charge on any atom is 0.204 e. The van der Waals surface area contributed by atoms with E-state index in [-0.39, 0.29) is 20.1 Å². The summed E-state index contributed by atoms with van der Waals surface area (Å²) >= 11 is 34.9. The van der Waals surface area contributed by atoms with E-state index in [1.54, 1.807) is 0 Å². The summed E-state index contributed by atoms with van der Waals surface area (Å²) in [7, 11) is 0. The van der Waals surface area contributed by atoms with Crippen molar-refractivity contribution in [3.05, 3.63) is 20.1 Å². The van der Waals surface area contributed by atoms with E-state index in [4.69, 9.17) is 69.6 Å². The van der Waals surface area contributed by atoms with Gasteiger partial charge in [-0.2, -0.15) is 0 Å². The van der Waals surface area contributed by atoms with Gasteiger partial charge in [-0.1, -0.05) is 46.4 Å². The van der Waals surface area contributed by atoms with Crippen LogP contribution >= 0.6 is 69.6 Å². The highest BCUT2D eigenvalue weighted by atomic mass is 35.5. The molecular formula is C7Cl6O. The molecule has 0 saturated carbocycles. The van der Waals surface area contributed by atoms with Gasteiger partial charge in [0.15, 0.2) is 4.87 Å². The Morgan fingerprint density at radius 2 is 1.21 bits per heavy atom. The van der Waals surface area contributed by atoms with Gasteiger partial charge >= 0.3 is 0 Å². The molecule has 2 atom stereocenters. The molecule has 0 aromatic heterocycles. The van der Waals surface area contributed by atoms with Gasteiger partial charge in [0.25, 0.3) is 0 Å². The number of carbonyl (C=O) groups is 1. The monoisotopic (exact) mass is 310 g/mol. The van der Waals surface area contributed by atoms with Gasteiger partial charge in [-0.15, -0.1) is 23.2 Å². The molecule has 0 heterocycles. The van der Waals surface area contributed by atoms with Crippen molar-refractivity contribution in [2.75, 3.05) is 0 Å². The summed E-state index contributed by atoms with van der Waals surface area (Å²) in [5.41, 5.74) is 0. The van der Waals surface area contributed by atoms with Crippen LogP contribution in [0.25, 0.3) is 0 Å². The van der Waals surface area contributed by atoms with Crippen LogP contribution in [0.3, 0.4) is 0 Å². The van der Waals surface area contributed by atoms with Crippen LogP contribution in [-0.4, -0.2) is 15.5 Å². The van der Waals surface area contributed by atoms with Gasteiger partial charge < -0.3 is 0 Å². The number of allylic oxidation sites excluding steroid dienone is 4. The number of halogens is 6. The number of hydrogen-bond acceptors (Lipinski definition) is 1. The fourth-order valence-electron chi connectivity index (χ4n) is 1.45. The molecule has 0 saturated heterocycles. The van der Waals surface area contributed by atoms with Crippen LogP contribution in [0.1, 0.15) is 0 Å². The second-order valence-corrected chi connectivity index (χ2v) is 5.55. The largest absolute Gasteiger partial charge is 0.291 e. The SMILES string of the molecule is O=C1C(Cl)=C(Cl)C2(Cl)C(Cl)=C(Cl)C12Cl. The highest BCUT2D eigenvalue weighted by Crippen LogP contribution is 2.68. The standard InChI is InChI=1S/C7Cl6O/c8-1-2(9)6(12)3(10)4(11)7(6,13)5(1)14. The third-order valence-electron chi connectivity index (χ3n) is 2.28. The first kappa shape index (κ1) is 11.4. The Balaban J connectivity index is 2.73. The summed E-state index contributed by atoms with van der Waals surface area (Å²) in [6, 6.07) is 0. The zero-order valence-electron chi connectivity index (χ0n) is 6.18. The average molecular weight is 313 g/mol. The Morgan fingerprint density at radius 3 is 1.64 bits per heavy atom. The van der Waals surface area contributed by atoms with Gasteiger partial charge in [0.1, 0.15) is 9.91 Å². The minimum atomic E-state index is -1.62. The Labute approximate surface area is 110 Å². The van der Waals surface area contributed by atoms with E-state index in [1.807, 2.05) is 0 Å². The zero-order chi connectivity index (χ0) is 10.9. The number of fused-ring (bicyclic) bond motifs is 1. The maximum atomic E-state index is 11.6. The number of hydrogen-bond donors (Lipinski definition) is 0. The van der Waals surface area contributed by atoms with Crippen LogP contribution in [0.2, 0.25) is 0 Å². The summed E-state index contributed by atoms with van der Waals surface area (Å²) in [5, 5.41) is -0.264. The van der Waals surface area contributed by atoms with Crippen molar-refractivity contribution in [2.45, 2.75) is 9.75 Å². The van der Waals surface area contributed by atoms with Crippen LogP contribution in [0.5, 0.6) is 0 Å². The fourth-order valence-corrected chi connectivity index (χ4v) is 3.94. The first-order chi connectivity index (χ1) is 6.29.